The molecule has 2 aromatic rings. The van der Waals surface area contributed by atoms with Crippen LogP contribution in [0.5, 0.6) is 11.5 Å². The van der Waals surface area contributed by atoms with Crippen LogP contribution in [0.25, 0.3) is 0 Å². The molecule has 2 rings (SSSR count). The average Bonchev–Trinajstić information content (AvgIpc) is 2.51. The molecule has 0 atom stereocenters. The van der Waals surface area contributed by atoms with E-state index in [1.807, 2.05) is 32.9 Å². The first-order valence-electron chi connectivity index (χ1n) is 7.12. The third-order valence-electron chi connectivity index (χ3n) is 3.82. The molecule has 0 amide bonds. The summed E-state index contributed by atoms with van der Waals surface area (Å²) in [6, 6.07) is 8.60. The fourth-order valence-electron chi connectivity index (χ4n) is 2.29. The lowest BCUT2D eigenvalue weighted by Crippen LogP contribution is -2.15. The van der Waals surface area contributed by atoms with E-state index in [0.717, 1.165) is 16.7 Å². The smallest absolute Gasteiger partial charge is 0.265 e. The Bertz CT molecular complexity index is 829. The van der Waals surface area contributed by atoms with Crippen LogP contribution in [0.15, 0.2) is 35.2 Å². The molecule has 5 nitrogen and oxygen atoms in total. The second kappa shape index (κ2) is 6.50. The zero-order valence-electron chi connectivity index (χ0n) is 13.9. The van der Waals surface area contributed by atoms with Crippen LogP contribution in [0, 0.1) is 20.8 Å². The first kappa shape index (κ1) is 17.1. The lowest BCUT2D eigenvalue weighted by molar-refractivity contribution is 0.390. The van der Waals surface area contributed by atoms with Crippen molar-refractivity contribution in [1.29, 1.82) is 0 Å². The minimum atomic E-state index is -3.80. The molecule has 6 heteroatoms. The summed E-state index contributed by atoms with van der Waals surface area (Å²) in [6.07, 6.45) is 0. The Labute approximate surface area is 137 Å². The molecule has 0 bridgehead atoms. The van der Waals surface area contributed by atoms with Gasteiger partial charge >= 0.3 is 0 Å². The van der Waals surface area contributed by atoms with E-state index in [1.165, 1.54) is 20.3 Å². The standard InChI is InChI=1S/C17H21NO4S/c1-11-7-6-8-14(13(11)3)18-23(19,20)17-10-15(21-4)12(2)9-16(17)22-5/h6-10,18H,1-5H3. The Morgan fingerprint density at radius 3 is 2.17 bits per heavy atom. The largest absolute Gasteiger partial charge is 0.496 e. The Hall–Kier alpha value is -2.21. The maximum Gasteiger partial charge on any atom is 0.265 e. The Kier molecular flexibility index (Phi) is 4.85. The number of anilines is 1. The second-order valence-corrected chi connectivity index (χ2v) is 6.98. The number of benzene rings is 2. The van der Waals surface area contributed by atoms with E-state index in [4.69, 9.17) is 9.47 Å². The van der Waals surface area contributed by atoms with Crippen molar-refractivity contribution in [2.24, 2.45) is 0 Å². The molecule has 0 aliphatic heterocycles. The maximum atomic E-state index is 12.8. The molecule has 0 heterocycles. The van der Waals surface area contributed by atoms with Crippen LogP contribution < -0.4 is 14.2 Å². The lowest BCUT2D eigenvalue weighted by Gasteiger charge is -2.16. The highest BCUT2D eigenvalue weighted by Gasteiger charge is 2.22. The summed E-state index contributed by atoms with van der Waals surface area (Å²) in [6.45, 7) is 5.64. The first-order chi connectivity index (χ1) is 10.8. The molecule has 2 aromatic carbocycles. The number of aryl methyl sites for hydroxylation is 2. The highest BCUT2D eigenvalue weighted by molar-refractivity contribution is 7.92. The Balaban J connectivity index is 2.53. The zero-order valence-corrected chi connectivity index (χ0v) is 14.7. The minimum Gasteiger partial charge on any atom is -0.496 e. The number of methoxy groups -OCH3 is 2. The molecule has 1 N–H and O–H groups in total. The first-order valence-corrected chi connectivity index (χ1v) is 8.60. The maximum absolute atomic E-state index is 12.8. The van der Waals surface area contributed by atoms with Gasteiger partial charge in [0.2, 0.25) is 0 Å². The van der Waals surface area contributed by atoms with Gasteiger partial charge in [0, 0.05) is 6.07 Å². The van der Waals surface area contributed by atoms with E-state index >= 15 is 0 Å². The molecule has 0 spiro atoms. The van der Waals surface area contributed by atoms with Gasteiger partial charge in [0.1, 0.15) is 16.4 Å². The SMILES string of the molecule is COc1cc(S(=O)(=O)Nc2cccc(C)c2C)c(OC)cc1C. The van der Waals surface area contributed by atoms with Gasteiger partial charge in [-0.1, -0.05) is 12.1 Å². The molecular weight excluding hydrogens is 314 g/mol. The summed E-state index contributed by atoms with van der Waals surface area (Å²) < 4.78 is 38.6. The predicted molar refractivity (Wildman–Crippen MR) is 91.0 cm³/mol. The van der Waals surface area contributed by atoms with Crippen LogP contribution in [0.2, 0.25) is 0 Å². The van der Waals surface area contributed by atoms with Crippen LogP contribution in [0.1, 0.15) is 16.7 Å². The van der Waals surface area contributed by atoms with Gasteiger partial charge < -0.3 is 9.47 Å². The van der Waals surface area contributed by atoms with E-state index in [2.05, 4.69) is 4.72 Å². The minimum absolute atomic E-state index is 0.0448. The van der Waals surface area contributed by atoms with Crippen LogP contribution >= 0.6 is 0 Å². The number of ether oxygens (including phenoxy) is 2. The molecule has 0 fully saturated rings. The normalized spacial score (nSPS) is 11.2. The van der Waals surface area contributed by atoms with Crippen LogP contribution in [-0.2, 0) is 10.0 Å². The van der Waals surface area contributed by atoms with Crippen LogP contribution in [-0.4, -0.2) is 22.6 Å². The molecule has 0 radical (unpaired) electrons. The summed E-state index contributed by atoms with van der Waals surface area (Å²) in [7, 11) is -0.854. The molecule has 0 unspecified atom stereocenters. The number of rotatable bonds is 5. The van der Waals surface area contributed by atoms with Crippen molar-refractivity contribution >= 4 is 15.7 Å². The van der Waals surface area contributed by atoms with Gasteiger partial charge in [0.15, 0.2) is 0 Å². The van der Waals surface area contributed by atoms with Crippen LogP contribution in [0.4, 0.5) is 5.69 Å². The van der Waals surface area contributed by atoms with Crippen molar-refractivity contribution in [3.63, 3.8) is 0 Å². The monoisotopic (exact) mass is 335 g/mol. The van der Waals surface area contributed by atoms with E-state index in [0.29, 0.717) is 11.4 Å². The van der Waals surface area contributed by atoms with Gasteiger partial charge in [-0.15, -0.1) is 0 Å². The fourth-order valence-corrected chi connectivity index (χ4v) is 3.58. The number of nitrogens with one attached hydrogen (secondary N) is 1. The van der Waals surface area contributed by atoms with Gasteiger partial charge in [-0.25, -0.2) is 8.42 Å². The van der Waals surface area contributed by atoms with Gasteiger partial charge in [0.05, 0.1) is 19.9 Å². The third-order valence-corrected chi connectivity index (χ3v) is 5.21. The van der Waals surface area contributed by atoms with Crippen LogP contribution in [0.3, 0.4) is 0 Å². The van der Waals surface area contributed by atoms with E-state index in [9.17, 15) is 8.42 Å². The molecule has 23 heavy (non-hydrogen) atoms. The van der Waals surface area contributed by atoms with E-state index < -0.39 is 10.0 Å². The number of sulfonamides is 1. The lowest BCUT2D eigenvalue weighted by atomic mass is 10.1. The van der Waals surface area contributed by atoms with Crippen molar-refractivity contribution in [1.82, 2.24) is 0 Å². The quantitative estimate of drug-likeness (QED) is 0.909. The number of hydrogen-bond acceptors (Lipinski definition) is 4. The van der Waals surface area contributed by atoms with E-state index in [-0.39, 0.29) is 10.6 Å². The number of hydrogen-bond donors (Lipinski definition) is 1. The summed E-state index contributed by atoms with van der Waals surface area (Å²) in [5.74, 6) is 0.772. The topological polar surface area (TPSA) is 64.6 Å². The summed E-state index contributed by atoms with van der Waals surface area (Å²) >= 11 is 0. The summed E-state index contributed by atoms with van der Waals surface area (Å²) in [5.41, 5.74) is 3.24. The van der Waals surface area contributed by atoms with E-state index in [1.54, 1.807) is 12.1 Å². The molecule has 0 saturated heterocycles. The van der Waals surface area contributed by atoms with Gasteiger partial charge in [-0.05, 0) is 49.6 Å². The average molecular weight is 335 g/mol. The highest BCUT2D eigenvalue weighted by Crippen LogP contribution is 2.33. The zero-order chi connectivity index (χ0) is 17.2. The second-order valence-electron chi connectivity index (χ2n) is 5.33. The van der Waals surface area contributed by atoms with Gasteiger partial charge in [-0.3, -0.25) is 4.72 Å². The van der Waals surface area contributed by atoms with Gasteiger partial charge in [0.25, 0.3) is 10.0 Å². The van der Waals surface area contributed by atoms with Crippen molar-refractivity contribution in [3.8, 4) is 11.5 Å². The van der Waals surface area contributed by atoms with Gasteiger partial charge in [-0.2, -0.15) is 0 Å². The Morgan fingerprint density at radius 1 is 0.913 bits per heavy atom. The van der Waals surface area contributed by atoms with Crippen molar-refractivity contribution < 1.29 is 17.9 Å². The summed E-state index contributed by atoms with van der Waals surface area (Å²) in [4.78, 5) is 0.0448. The molecule has 0 saturated carbocycles. The third kappa shape index (κ3) is 3.42. The van der Waals surface area contributed by atoms with Crippen molar-refractivity contribution in [2.75, 3.05) is 18.9 Å². The predicted octanol–water partition coefficient (Wildman–Crippen LogP) is 3.43. The molecule has 0 aromatic heterocycles. The fraction of sp³-hybridized carbons (Fsp3) is 0.294. The van der Waals surface area contributed by atoms with Crippen molar-refractivity contribution in [2.45, 2.75) is 25.7 Å². The molecule has 124 valence electrons. The molecule has 0 aliphatic rings. The molecule has 0 aliphatic carbocycles. The summed E-state index contributed by atoms with van der Waals surface area (Å²) in [5, 5.41) is 0. The molecular formula is C17H21NO4S. The Morgan fingerprint density at radius 2 is 1.57 bits per heavy atom. The van der Waals surface area contributed by atoms with Crippen molar-refractivity contribution in [3.05, 3.63) is 47.0 Å². The highest BCUT2D eigenvalue weighted by atomic mass is 32.2.